The molecule has 0 aliphatic rings. The molecular weight excluding hydrogens is 208 g/mol. The van der Waals surface area contributed by atoms with E-state index in [4.69, 9.17) is 5.73 Å². The molecule has 1 atom stereocenters. The van der Waals surface area contributed by atoms with E-state index < -0.39 is 5.54 Å². The maximum Gasteiger partial charge on any atom is 0.272 e. The zero-order valence-corrected chi connectivity index (χ0v) is 9.41. The number of aromatic amines is 1. The third-order valence-corrected chi connectivity index (χ3v) is 2.56. The molecule has 0 radical (unpaired) electrons. The van der Waals surface area contributed by atoms with Crippen molar-refractivity contribution in [2.24, 2.45) is 5.73 Å². The summed E-state index contributed by atoms with van der Waals surface area (Å²) in [7, 11) is 0. The van der Waals surface area contributed by atoms with Crippen LogP contribution in [-0.4, -0.2) is 28.2 Å². The number of hydrogen-bond donors (Lipinski definition) is 3. The smallest absolute Gasteiger partial charge is 0.272 e. The molecular formula is C10H16N4O2. The second-order valence-corrected chi connectivity index (χ2v) is 3.88. The van der Waals surface area contributed by atoms with Crippen molar-refractivity contribution in [2.45, 2.75) is 25.8 Å². The fourth-order valence-electron chi connectivity index (χ4n) is 1.09. The molecule has 0 bridgehead atoms. The highest BCUT2D eigenvalue weighted by atomic mass is 16.2. The summed E-state index contributed by atoms with van der Waals surface area (Å²) in [4.78, 5) is 22.5. The minimum absolute atomic E-state index is 0.174. The highest BCUT2D eigenvalue weighted by Crippen LogP contribution is 2.07. The zero-order chi connectivity index (χ0) is 12.2. The quantitative estimate of drug-likeness (QED) is 0.649. The summed E-state index contributed by atoms with van der Waals surface area (Å²) < 4.78 is 0. The van der Waals surface area contributed by atoms with E-state index in [2.05, 4.69) is 15.5 Å². The second kappa shape index (κ2) is 4.89. The molecule has 0 fully saturated rings. The average molecular weight is 224 g/mol. The van der Waals surface area contributed by atoms with Crippen molar-refractivity contribution in [2.75, 3.05) is 6.54 Å². The van der Waals surface area contributed by atoms with E-state index in [0.717, 1.165) is 6.42 Å². The molecule has 88 valence electrons. The first-order valence-electron chi connectivity index (χ1n) is 5.09. The molecule has 6 heteroatoms. The van der Waals surface area contributed by atoms with Crippen molar-refractivity contribution >= 4 is 5.91 Å². The number of rotatable bonds is 4. The Morgan fingerprint density at radius 2 is 2.31 bits per heavy atom. The van der Waals surface area contributed by atoms with Crippen LogP contribution in [0.3, 0.4) is 0 Å². The van der Waals surface area contributed by atoms with E-state index in [-0.39, 0.29) is 17.2 Å². The summed E-state index contributed by atoms with van der Waals surface area (Å²) in [6.45, 7) is 4.14. The molecule has 6 nitrogen and oxygen atoms in total. The van der Waals surface area contributed by atoms with Crippen LogP contribution in [0, 0.1) is 0 Å². The summed E-state index contributed by atoms with van der Waals surface area (Å²) in [5.74, 6) is -0.342. The number of carbonyl (C=O) groups is 1. The first-order valence-corrected chi connectivity index (χ1v) is 5.09. The number of nitrogens with one attached hydrogen (secondary N) is 2. The van der Waals surface area contributed by atoms with Gasteiger partial charge in [-0.3, -0.25) is 9.59 Å². The van der Waals surface area contributed by atoms with Gasteiger partial charge in [0.2, 0.25) is 0 Å². The fraction of sp³-hybridized carbons (Fsp3) is 0.500. The largest absolute Gasteiger partial charge is 0.344 e. The molecule has 0 aromatic carbocycles. The number of nitrogens with zero attached hydrogens (tertiary/aromatic N) is 1. The summed E-state index contributed by atoms with van der Waals surface area (Å²) in [5.41, 5.74) is 4.96. The van der Waals surface area contributed by atoms with Gasteiger partial charge in [-0.05, 0) is 19.4 Å². The summed E-state index contributed by atoms with van der Waals surface area (Å²) in [6, 6.07) is 2.63. The Morgan fingerprint density at radius 3 is 2.75 bits per heavy atom. The molecule has 0 aliphatic heterocycles. The van der Waals surface area contributed by atoms with E-state index in [1.54, 1.807) is 0 Å². The van der Waals surface area contributed by atoms with Crippen LogP contribution >= 0.6 is 0 Å². The number of hydrogen-bond acceptors (Lipinski definition) is 4. The molecule has 0 saturated heterocycles. The lowest BCUT2D eigenvalue weighted by atomic mass is 9.99. The molecule has 0 saturated carbocycles. The lowest BCUT2D eigenvalue weighted by Gasteiger charge is -2.27. The molecule has 0 spiro atoms. The van der Waals surface area contributed by atoms with E-state index in [1.807, 2.05) is 13.8 Å². The minimum Gasteiger partial charge on any atom is -0.344 e. The Bertz CT molecular complexity index is 403. The highest BCUT2D eigenvalue weighted by molar-refractivity contribution is 5.92. The predicted molar refractivity (Wildman–Crippen MR) is 60.1 cm³/mol. The molecule has 1 amide bonds. The van der Waals surface area contributed by atoms with Crippen molar-refractivity contribution in [1.29, 1.82) is 0 Å². The van der Waals surface area contributed by atoms with Crippen molar-refractivity contribution in [3.63, 3.8) is 0 Å². The molecule has 1 rings (SSSR count). The monoisotopic (exact) mass is 224 g/mol. The fourth-order valence-corrected chi connectivity index (χ4v) is 1.09. The van der Waals surface area contributed by atoms with Crippen molar-refractivity contribution in [3.8, 4) is 0 Å². The van der Waals surface area contributed by atoms with Crippen LogP contribution < -0.4 is 16.6 Å². The Morgan fingerprint density at radius 1 is 1.62 bits per heavy atom. The van der Waals surface area contributed by atoms with Crippen LogP contribution in [0.5, 0.6) is 0 Å². The maximum absolute atomic E-state index is 11.7. The van der Waals surface area contributed by atoms with Gasteiger partial charge in [-0.2, -0.15) is 5.10 Å². The lowest BCUT2D eigenvalue weighted by Crippen LogP contribution is -2.51. The SMILES string of the molecule is CCC(C)(CN)NC(=O)c1ccc(=O)[nH]n1. The number of amides is 1. The number of carbonyl (C=O) groups excluding carboxylic acids is 1. The van der Waals surface area contributed by atoms with Gasteiger partial charge in [0.1, 0.15) is 5.69 Å². The Kier molecular flexibility index (Phi) is 3.78. The van der Waals surface area contributed by atoms with Gasteiger partial charge < -0.3 is 11.1 Å². The van der Waals surface area contributed by atoms with Gasteiger partial charge in [0.25, 0.3) is 11.5 Å². The van der Waals surface area contributed by atoms with Crippen LogP contribution in [0.1, 0.15) is 30.8 Å². The molecule has 1 unspecified atom stereocenters. The molecule has 4 N–H and O–H groups in total. The van der Waals surface area contributed by atoms with Crippen LogP contribution in [0.2, 0.25) is 0 Å². The number of aromatic nitrogens is 2. The van der Waals surface area contributed by atoms with Crippen LogP contribution in [-0.2, 0) is 0 Å². The van der Waals surface area contributed by atoms with E-state index >= 15 is 0 Å². The number of H-pyrrole nitrogens is 1. The topological polar surface area (TPSA) is 101 Å². The maximum atomic E-state index is 11.7. The Hall–Kier alpha value is -1.69. The molecule has 16 heavy (non-hydrogen) atoms. The van der Waals surface area contributed by atoms with E-state index in [0.29, 0.717) is 6.54 Å². The van der Waals surface area contributed by atoms with Crippen molar-refractivity contribution in [1.82, 2.24) is 15.5 Å². The Labute approximate surface area is 93.2 Å². The van der Waals surface area contributed by atoms with E-state index in [1.165, 1.54) is 12.1 Å². The predicted octanol–water partition coefficient (Wildman–Crippen LogP) is -0.373. The first kappa shape index (κ1) is 12.4. The minimum atomic E-state index is -0.450. The summed E-state index contributed by atoms with van der Waals surface area (Å²) >= 11 is 0. The van der Waals surface area contributed by atoms with Crippen molar-refractivity contribution in [3.05, 3.63) is 28.2 Å². The third-order valence-electron chi connectivity index (χ3n) is 2.56. The van der Waals surface area contributed by atoms with E-state index in [9.17, 15) is 9.59 Å². The van der Waals surface area contributed by atoms with Crippen molar-refractivity contribution < 1.29 is 4.79 Å². The first-order chi connectivity index (χ1) is 7.50. The Balaban J connectivity index is 2.80. The zero-order valence-electron chi connectivity index (χ0n) is 9.41. The summed E-state index contributed by atoms with van der Waals surface area (Å²) in [6.07, 6.45) is 0.721. The van der Waals surface area contributed by atoms with Gasteiger partial charge in [-0.25, -0.2) is 5.10 Å². The van der Waals surface area contributed by atoms with Gasteiger partial charge in [0.05, 0.1) is 0 Å². The van der Waals surface area contributed by atoms with Gasteiger partial charge in [0.15, 0.2) is 0 Å². The molecule has 1 aromatic heterocycles. The van der Waals surface area contributed by atoms with Crippen LogP contribution in [0.25, 0.3) is 0 Å². The van der Waals surface area contributed by atoms with Gasteiger partial charge in [0, 0.05) is 18.2 Å². The summed E-state index contributed by atoms with van der Waals surface area (Å²) in [5, 5.41) is 8.63. The average Bonchev–Trinajstić information content (AvgIpc) is 2.29. The second-order valence-electron chi connectivity index (χ2n) is 3.88. The van der Waals surface area contributed by atoms with Crippen LogP contribution in [0.15, 0.2) is 16.9 Å². The lowest BCUT2D eigenvalue weighted by molar-refractivity contribution is 0.0900. The molecule has 0 aliphatic carbocycles. The van der Waals surface area contributed by atoms with Gasteiger partial charge in [-0.15, -0.1) is 0 Å². The standard InChI is InChI=1S/C10H16N4O2/c1-3-10(2,6-11)12-9(16)7-4-5-8(15)14-13-7/h4-5H,3,6,11H2,1-2H3,(H,12,16)(H,14,15). The third kappa shape index (κ3) is 2.90. The highest BCUT2D eigenvalue weighted by Gasteiger charge is 2.23. The van der Waals surface area contributed by atoms with Crippen LogP contribution in [0.4, 0.5) is 0 Å². The van der Waals surface area contributed by atoms with Gasteiger partial charge in [-0.1, -0.05) is 6.92 Å². The van der Waals surface area contributed by atoms with Gasteiger partial charge >= 0.3 is 0 Å². The normalized spacial score (nSPS) is 14.2. The number of nitrogens with two attached hydrogens (primary N) is 1. The molecule has 1 heterocycles. The molecule has 1 aromatic rings.